The van der Waals surface area contributed by atoms with E-state index in [1.54, 1.807) is 6.07 Å². The monoisotopic (exact) mass is 268 g/mol. The van der Waals surface area contributed by atoms with Crippen LogP contribution in [0.3, 0.4) is 0 Å². The van der Waals surface area contributed by atoms with Crippen LogP contribution in [0.15, 0.2) is 18.2 Å². The molecule has 4 heteroatoms. The van der Waals surface area contributed by atoms with Gasteiger partial charge >= 0.3 is 0 Å². The molecule has 3 N–H and O–H groups in total. The molecular formula is C15H25FN2O. The Balaban J connectivity index is 3.21. The van der Waals surface area contributed by atoms with Gasteiger partial charge in [0.1, 0.15) is 5.82 Å². The summed E-state index contributed by atoms with van der Waals surface area (Å²) in [5.74, 6) is -0.274. The van der Waals surface area contributed by atoms with E-state index in [1.807, 2.05) is 6.92 Å². The number of anilines is 1. The maximum atomic E-state index is 13.4. The lowest BCUT2D eigenvalue weighted by molar-refractivity contribution is 0.295. The highest BCUT2D eigenvalue weighted by Crippen LogP contribution is 2.29. The van der Waals surface area contributed by atoms with E-state index in [0.29, 0.717) is 12.6 Å². The first-order valence-corrected chi connectivity index (χ1v) is 6.97. The number of hydrogen-bond donors (Lipinski definition) is 2. The number of halogens is 1. The first kappa shape index (κ1) is 15.9. The molecular weight excluding hydrogens is 243 g/mol. The molecule has 1 aromatic rings. The van der Waals surface area contributed by atoms with E-state index < -0.39 is 0 Å². The van der Waals surface area contributed by atoms with Gasteiger partial charge in [0, 0.05) is 24.3 Å². The van der Waals surface area contributed by atoms with Crippen LogP contribution in [0.4, 0.5) is 10.1 Å². The molecule has 0 aromatic heterocycles. The zero-order valence-corrected chi connectivity index (χ0v) is 12.1. The Labute approximate surface area is 115 Å². The average Bonchev–Trinajstić information content (AvgIpc) is 2.39. The Bertz CT molecular complexity index is 392. The number of rotatable bonds is 7. The van der Waals surface area contributed by atoms with Gasteiger partial charge in [0.15, 0.2) is 0 Å². The Hall–Kier alpha value is -1.13. The molecule has 0 aliphatic heterocycles. The fourth-order valence-electron chi connectivity index (χ4n) is 2.49. The van der Waals surface area contributed by atoms with Gasteiger partial charge in [0.25, 0.3) is 0 Å². The third kappa shape index (κ3) is 3.91. The van der Waals surface area contributed by atoms with Crippen LogP contribution in [-0.2, 0) is 0 Å². The van der Waals surface area contributed by atoms with E-state index in [4.69, 9.17) is 5.73 Å². The van der Waals surface area contributed by atoms with E-state index in [1.165, 1.54) is 12.1 Å². The molecule has 1 aromatic carbocycles. The Morgan fingerprint density at radius 3 is 2.42 bits per heavy atom. The minimum absolute atomic E-state index is 0.0757. The molecule has 1 unspecified atom stereocenters. The third-order valence-corrected chi connectivity index (χ3v) is 3.51. The van der Waals surface area contributed by atoms with Gasteiger partial charge in [-0.15, -0.1) is 0 Å². The molecule has 1 atom stereocenters. The molecule has 0 saturated carbocycles. The van der Waals surface area contributed by atoms with Crippen LogP contribution in [0.5, 0.6) is 0 Å². The van der Waals surface area contributed by atoms with E-state index in [2.05, 4.69) is 18.7 Å². The number of aliphatic hydroxyl groups excluding tert-OH is 1. The molecule has 19 heavy (non-hydrogen) atoms. The van der Waals surface area contributed by atoms with Gasteiger partial charge in [-0.25, -0.2) is 4.39 Å². The molecule has 1 rings (SSSR count). The van der Waals surface area contributed by atoms with Crippen molar-refractivity contribution < 1.29 is 9.50 Å². The van der Waals surface area contributed by atoms with E-state index in [-0.39, 0.29) is 18.5 Å². The number of hydrogen-bond acceptors (Lipinski definition) is 3. The Morgan fingerprint density at radius 2 is 1.95 bits per heavy atom. The van der Waals surface area contributed by atoms with E-state index in [9.17, 15) is 9.50 Å². The maximum Gasteiger partial charge on any atom is 0.123 e. The second-order valence-electron chi connectivity index (χ2n) is 4.88. The second kappa shape index (κ2) is 7.46. The molecule has 0 spiro atoms. The van der Waals surface area contributed by atoms with Crippen molar-refractivity contribution in [1.29, 1.82) is 0 Å². The summed E-state index contributed by atoms with van der Waals surface area (Å²) >= 11 is 0. The van der Waals surface area contributed by atoms with Gasteiger partial charge in [0.05, 0.1) is 6.61 Å². The van der Waals surface area contributed by atoms with Crippen molar-refractivity contribution in [2.24, 2.45) is 5.73 Å². The van der Waals surface area contributed by atoms with Crippen molar-refractivity contribution in [2.45, 2.75) is 45.7 Å². The van der Waals surface area contributed by atoms with Gasteiger partial charge in [0.2, 0.25) is 0 Å². The summed E-state index contributed by atoms with van der Waals surface area (Å²) in [5, 5.41) is 9.28. The number of benzene rings is 1. The zero-order chi connectivity index (χ0) is 14.4. The summed E-state index contributed by atoms with van der Waals surface area (Å²) in [6, 6.07) is 4.80. The lowest BCUT2D eigenvalue weighted by Gasteiger charge is -2.34. The standard InChI is InChI=1S/C15H25FN2O/c1-4-13(5-2)18(8-9-19)15-7-6-12(16)10-14(15)11(3)17/h6-7,10-11,13,19H,4-5,8-9,17H2,1-3H3. The van der Waals surface area contributed by atoms with Gasteiger partial charge in [-0.3, -0.25) is 0 Å². The van der Waals surface area contributed by atoms with Gasteiger partial charge < -0.3 is 15.7 Å². The SMILES string of the molecule is CCC(CC)N(CCO)c1ccc(F)cc1C(C)N. The third-order valence-electron chi connectivity index (χ3n) is 3.51. The molecule has 0 heterocycles. The quantitative estimate of drug-likeness (QED) is 0.799. The highest BCUT2D eigenvalue weighted by atomic mass is 19.1. The molecule has 108 valence electrons. The number of nitrogens with two attached hydrogens (primary N) is 1. The van der Waals surface area contributed by atoms with Crippen LogP contribution in [0, 0.1) is 5.82 Å². The van der Waals surface area contributed by atoms with Crippen LogP contribution in [0.1, 0.15) is 45.2 Å². The summed E-state index contributed by atoms with van der Waals surface area (Å²) in [4.78, 5) is 2.14. The van der Waals surface area contributed by atoms with Gasteiger partial charge in [-0.1, -0.05) is 13.8 Å². The smallest absolute Gasteiger partial charge is 0.123 e. The van der Waals surface area contributed by atoms with Crippen LogP contribution in [0.2, 0.25) is 0 Å². The molecule has 0 aliphatic rings. The lowest BCUT2D eigenvalue weighted by Crippen LogP contribution is -2.37. The van der Waals surface area contributed by atoms with E-state index in [0.717, 1.165) is 24.1 Å². The first-order chi connectivity index (χ1) is 9.04. The van der Waals surface area contributed by atoms with Crippen molar-refractivity contribution >= 4 is 5.69 Å². The molecule has 0 bridgehead atoms. The second-order valence-corrected chi connectivity index (χ2v) is 4.88. The van der Waals surface area contributed by atoms with Gasteiger partial charge in [-0.2, -0.15) is 0 Å². The molecule has 3 nitrogen and oxygen atoms in total. The Morgan fingerprint density at radius 1 is 1.32 bits per heavy atom. The normalized spacial score (nSPS) is 12.8. The first-order valence-electron chi connectivity index (χ1n) is 6.97. The number of aliphatic hydroxyl groups is 1. The fraction of sp³-hybridized carbons (Fsp3) is 0.600. The maximum absolute atomic E-state index is 13.4. The van der Waals surface area contributed by atoms with Crippen molar-refractivity contribution in [1.82, 2.24) is 0 Å². The van der Waals surface area contributed by atoms with E-state index >= 15 is 0 Å². The summed E-state index contributed by atoms with van der Waals surface area (Å²) in [6.45, 7) is 6.70. The van der Waals surface area contributed by atoms with Crippen LogP contribution >= 0.6 is 0 Å². The largest absolute Gasteiger partial charge is 0.395 e. The fourth-order valence-corrected chi connectivity index (χ4v) is 2.49. The van der Waals surface area contributed by atoms with Crippen molar-refractivity contribution in [3.05, 3.63) is 29.6 Å². The highest BCUT2D eigenvalue weighted by molar-refractivity contribution is 5.56. The van der Waals surface area contributed by atoms with Crippen LogP contribution in [0.25, 0.3) is 0 Å². The van der Waals surface area contributed by atoms with Crippen molar-refractivity contribution in [3.63, 3.8) is 0 Å². The van der Waals surface area contributed by atoms with Crippen molar-refractivity contribution in [2.75, 3.05) is 18.1 Å². The van der Waals surface area contributed by atoms with Crippen molar-refractivity contribution in [3.8, 4) is 0 Å². The Kier molecular flexibility index (Phi) is 6.25. The summed E-state index contributed by atoms with van der Waals surface area (Å²) in [6.07, 6.45) is 1.96. The lowest BCUT2D eigenvalue weighted by atomic mass is 10.0. The molecule has 0 saturated heterocycles. The molecule has 0 aliphatic carbocycles. The molecule has 0 fully saturated rings. The summed E-state index contributed by atoms with van der Waals surface area (Å²) in [5.41, 5.74) is 7.67. The number of nitrogens with zero attached hydrogens (tertiary/aromatic N) is 1. The van der Waals surface area contributed by atoms with Crippen LogP contribution < -0.4 is 10.6 Å². The highest BCUT2D eigenvalue weighted by Gasteiger charge is 2.19. The summed E-state index contributed by atoms with van der Waals surface area (Å²) < 4.78 is 13.4. The predicted molar refractivity (Wildman–Crippen MR) is 77.8 cm³/mol. The zero-order valence-electron chi connectivity index (χ0n) is 12.1. The van der Waals surface area contributed by atoms with Crippen LogP contribution in [-0.4, -0.2) is 24.3 Å². The predicted octanol–water partition coefficient (Wildman–Crippen LogP) is 2.83. The summed E-state index contributed by atoms with van der Waals surface area (Å²) in [7, 11) is 0. The molecule has 0 amide bonds. The average molecular weight is 268 g/mol. The topological polar surface area (TPSA) is 49.5 Å². The van der Waals surface area contributed by atoms with Gasteiger partial charge in [-0.05, 0) is 43.5 Å². The molecule has 0 radical (unpaired) electrons. The minimum Gasteiger partial charge on any atom is -0.395 e. The minimum atomic E-state index is -0.274.